The Morgan fingerprint density at radius 3 is 1.17 bits per heavy atom. The van der Waals surface area contributed by atoms with Crippen molar-refractivity contribution in [2.24, 2.45) is 0 Å². The molecule has 1 N–H and O–H groups in total. The van der Waals surface area contributed by atoms with E-state index in [0.717, 1.165) is 13.8 Å². The number of hydrogen-bond acceptors (Lipinski definition) is 7. The van der Waals surface area contributed by atoms with Gasteiger partial charge in [-0.05, 0) is 20.4 Å². The van der Waals surface area contributed by atoms with Crippen LogP contribution in [0.25, 0.3) is 0 Å². The molecule has 0 aliphatic heterocycles. The Morgan fingerprint density at radius 2 is 1.11 bits per heavy atom. The van der Waals surface area contributed by atoms with Gasteiger partial charge in [-0.2, -0.15) is 0 Å². The normalized spacial score (nSPS) is 6.17. The van der Waals surface area contributed by atoms with E-state index in [1.54, 1.807) is 0 Å². The fourth-order valence-corrected chi connectivity index (χ4v) is 0.227. The van der Waals surface area contributed by atoms with Crippen molar-refractivity contribution in [1.82, 2.24) is 5.32 Å². The summed E-state index contributed by atoms with van der Waals surface area (Å²) in [5.74, 6) is -3.22. The third-order valence-corrected chi connectivity index (χ3v) is 0.519. The van der Waals surface area contributed by atoms with Crippen molar-refractivity contribution in [1.29, 1.82) is 0 Å². The molecule has 18 heavy (non-hydrogen) atoms. The van der Waals surface area contributed by atoms with E-state index in [4.69, 9.17) is 19.8 Å². The van der Waals surface area contributed by atoms with Gasteiger partial charge in [0.25, 0.3) is 0 Å². The van der Waals surface area contributed by atoms with Gasteiger partial charge in [-0.15, -0.1) is 0 Å². The SMILES string of the molecule is CC(=O)[O-].CC(=O)[O-].CCNCC(=O)[O-].[Na+].[Na+].[Na+]. The molecule has 0 radical (unpaired) electrons. The summed E-state index contributed by atoms with van der Waals surface area (Å²) in [5, 5.41) is 29.9. The summed E-state index contributed by atoms with van der Waals surface area (Å²) < 4.78 is 0. The molecule has 0 fully saturated rings. The number of carbonyl (C=O) groups excluding carboxylic acids is 3. The predicted octanol–water partition coefficient (Wildman–Crippen LogP) is -13.1. The van der Waals surface area contributed by atoms with Crippen LogP contribution in [0.5, 0.6) is 0 Å². The molecule has 0 saturated carbocycles. The number of likely N-dealkylation sites (N-methyl/N-ethyl adjacent to an activating group) is 1. The minimum absolute atomic E-state index is 0. The molecular formula is C8H14NNa3O6. The van der Waals surface area contributed by atoms with Gasteiger partial charge in [0.05, 0.1) is 5.97 Å². The van der Waals surface area contributed by atoms with E-state index in [1.807, 2.05) is 6.92 Å². The quantitative estimate of drug-likeness (QED) is 0.510. The summed E-state index contributed by atoms with van der Waals surface area (Å²) in [6.07, 6.45) is 0. The van der Waals surface area contributed by atoms with Gasteiger partial charge in [-0.25, -0.2) is 0 Å². The zero-order valence-corrected chi connectivity index (χ0v) is 17.9. The Hall–Kier alpha value is 1.37. The van der Waals surface area contributed by atoms with Crippen molar-refractivity contribution in [3.8, 4) is 0 Å². The number of carboxylic acid groups (broad SMARTS) is 3. The molecule has 0 aliphatic rings. The molecule has 10 heteroatoms. The summed E-state index contributed by atoms with van der Waals surface area (Å²) in [5.41, 5.74) is 0. The topological polar surface area (TPSA) is 132 Å². The fourth-order valence-electron chi connectivity index (χ4n) is 0.227. The number of carboxylic acids is 3. The smallest absolute Gasteiger partial charge is 0.550 e. The minimum atomic E-state index is -1.08. The van der Waals surface area contributed by atoms with E-state index >= 15 is 0 Å². The van der Waals surface area contributed by atoms with Gasteiger partial charge in [-0.3, -0.25) is 0 Å². The first-order valence-corrected chi connectivity index (χ1v) is 3.99. The number of hydrogen-bond donors (Lipinski definition) is 1. The second kappa shape index (κ2) is 31.0. The largest absolute Gasteiger partial charge is 1.00 e. The van der Waals surface area contributed by atoms with Crippen LogP contribution in [0, 0.1) is 0 Å². The van der Waals surface area contributed by atoms with Crippen LogP contribution in [0.2, 0.25) is 0 Å². The third-order valence-electron chi connectivity index (χ3n) is 0.519. The second-order valence-electron chi connectivity index (χ2n) is 2.14. The van der Waals surface area contributed by atoms with E-state index in [-0.39, 0.29) is 95.2 Å². The summed E-state index contributed by atoms with van der Waals surface area (Å²) >= 11 is 0. The van der Waals surface area contributed by atoms with Crippen LogP contribution in [-0.4, -0.2) is 31.0 Å². The molecule has 0 aliphatic carbocycles. The molecule has 0 saturated heterocycles. The maximum atomic E-state index is 9.58. The van der Waals surface area contributed by atoms with Crippen LogP contribution in [-0.2, 0) is 14.4 Å². The number of nitrogens with one attached hydrogen (secondary N) is 1. The zero-order valence-electron chi connectivity index (χ0n) is 11.9. The van der Waals surface area contributed by atoms with Gasteiger partial charge >= 0.3 is 88.7 Å². The Morgan fingerprint density at radius 1 is 0.889 bits per heavy atom. The fraction of sp³-hybridized carbons (Fsp3) is 0.625. The molecule has 90 valence electrons. The molecule has 0 rings (SSSR count). The first-order chi connectivity index (χ1) is 6.73. The first kappa shape index (κ1) is 36.6. The van der Waals surface area contributed by atoms with E-state index in [1.165, 1.54) is 0 Å². The maximum Gasteiger partial charge on any atom is 1.00 e. The molecule has 0 aromatic rings. The molecule has 0 aromatic heterocycles. The predicted molar refractivity (Wildman–Crippen MR) is 44.9 cm³/mol. The van der Waals surface area contributed by atoms with Crippen molar-refractivity contribution in [2.75, 3.05) is 13.1 Å². The summed E-state index contributed by atoms with van der Waals surface area (Å²) in [6.45, 7) is 4.41. The van der Waals surface area contributed by atoms with Gasteiger partial charge in [0.2, 0.25) is 0 Å². The number of rotatable bonds is 3. The van der Waals surface area contributed by atoms with Crippen LogP contribution in [0.1, 0.15) is 20.8 Å². The molecule has 0 heterocycles. The molecule has 7 nitrogen and oxygen atoms in total. The van der Waals surface area contributed by atoms with E-state index in [9.17, 15) is 9.90 Å². The summed E-state index contributed by atoms with van der Waals surface area (Å²) in [6, 6.07) is 0. The van der Waals surface area contributed by atoms with Crippen LogP contribution >= 0.6 is 0 Å². The van der Waals surface area contributed by atoms with Crippen LogP contribution in [0.15, 0.2) is 0 Å². The Labute approximate surface area is 173 Å². The Kier molecular flexibility index (Phi) is 63.0. The van der Waals surface area contributed by atoms with Crippen molar-refractivity contribution in [3.63, 3.8) is 0 Å². The first-order valence-electron chi connectivity index (χ1n) is 3.99. The van der Waals surface area contributed by atoms with Crippen molar-refractivity contribution >= 4 is 17.9 Å². The van der Waals surface area contributed by atoms with E-state index < -0.39 is 17.9 Å². The molecule has 0 unspecified atom stereocenters. The molecule has 0 aromatic carbocycles. The average molecular weight is 289 g/mol. The van der Waals surface area contributed by atoms with Crippen LogP contribution in [0.4, 0.5) is 0 Å². The van der Waals surface area contributed by atoms with Gasteiger partial charge < -0.3 is 35.0 Å². The Bertz CT molecular complexity index is 183. The standard InChI is InChI=1S/C4H9NO2.2C2H4O2.3Na/c1-2-5-3-4(6)7;2*1-2(3)4;;;/h5H,2-3H2,1H3,(H,6,7);2*1H3,(H,3,4);;;/q;;;3*+1/p-3. The molecule has 0 bridgehead atoms. The van der Waals surface area contributed by atoms with E-state index in [0.29, 0.717) is 6.54 Å². The van der Waals surface area contributed by atoms with Crippen molar-refractivity contribution < 1.29 is 118 Å². The summed E-state index contributed by atoms with van der Waals surface area (Å²) in [7, 11) is 0. The van der Waals surface area contributed by atoms with Crippen LogP contribution < -0.4 is 109 Å². The third kappa shape index (κ3) is 161. The van der Waals surface area contributed by atoms with Gasteiger partial charge in [0.1, 0.15) is 0 Å². The number of aliphatic carboxylic acids is 3. The molecule has 0 atom stereocenters. The molecule has 0 amide bonds. The Balaban J connectivity index is -0.0000000292. The van der Waals surface area contributed by atoms with Crippen LogP contribution in [0.3, 0.4) is 0 Å². The van der Waals surface area contributed by atoms with Gasteiger partial charge in [-0.1, -0.05) is 6.92 Å². The van der Waals surface area contributed by atoms with Crippen molar-refractivity contribution in [3.05, 3.63) is 0 Å². The monoisotopic (exact) mass is 289 g/mol. The van der Waals surface area contributed by atoms with E-state index in [2.05, 4.69) is 5.32 Å². The van der Waals surface area contributed by atoms with Crippen molar-refractivity contribution in [2.45, 2.75) is 20.8 Å². The van der Waals surface area contributed by atoms with Gasteiger partial charge in [0.15, 0.2) is 0 Å². The molecular weight excluding hydrogens is 275 g/mol. The zero-order chi connectivity index (χ0) is 12.9. The minimum Gasteiger partial charge on any atom is -0.550 e. The summed E-state index contributed by atoms with van der Waals surface area (Å²) in [4.78, 5) is 27.4. The average Bonchev–Trinajstić information content (AvgIpc) is 1.98. The second-order valence-corrected chi connectivity index (χ2v) is 2.14. The maximum absolute atomic E-state index is 9.58. The van der Waals surface area contributed by atoms with Gasteiger partial charge in [0, 0.05) is 18.5 Å². The number of carbonyl (C=O) groups is 3. The molecule has 0 spiro atoms.